The molecule has 2 rings (SSSR count). The molecule has 0 spiro atoms. The molecule has 0 heterocycles. The quantitative estimate of drug-likeness (QED) is 0.634. The highest BCUT2D eigenvalue weighted by molar-refractivity contribution is 6.31. The van der Waals surface area contributed by atoms with E-state index in [-0.39, 0.29) is 5.84 Å². The molecule has 1 aromatic carbocycles. The zero-order valence-electron chi connectivity index (χ0n) is 10.7. The molecule has 4 heteroatoms. The Labute approximate surface area is 113 Å². The molecule has 1 aliphatic carbocycles. The summed E-state index contributed by atoms with van der Waals surface area (Å²) in [4.78, 5) is 2.28. The number of nitrogens with zero attached hydrogens (tertiary/aromatic N) is 1. The summed E-state index contributed by atoms with van der Waals surface area (Å²) in [7, 11) is 0. The van der Waals surface area contributed by atoms with Crippen LogP contribution in [0.25, 0.3) is 0 Å². The summed E-state index contributed by atoms with van der Waals surface area (Å²) >= 11 is 6.07. The minimum absolute atomic E-state index is 0.105. The molecule has 0 amide bonds. The van der Waals surface area contributed by atoms with Crippen molar-refractivity contribution in [1.82, 2.24) is 0 Å². The van der Waals surface area contributed by atoms with Crippen molar-refractivity contribution in [2.24, 2.45) is 11.7 Å². The molecule has 0 saturated heterocycles. The van der Waals surface area contributed by atoms with E-state index in [0.29, 0.717) is 5.02 Å². The van der Waals surface area contributed by atoms with Crippen LogP contribution in [0.2, 0.25) is 5.02 Å². The Morgan fingerprint density at radius 2 is 2.22 bits per heavy atom. The van der Waals surface area contributed by atoms with Crippen molar-refractivity contribution >= 4 is 23.1 Å². The van der Waals surface area contributed by atoms with Crippen LogP contribution in [0.5, 0.6) is 0 Å². The monoisotopic (exact) mass is 265 g/mol. The van der Waals surface area contributed by atoms with Gasteiger partial charge in [-0.25, -0.2) is 0 Å². The molecule has 0 bridgehead atoms. The van der Waals surface area contributed by atoms with Crippen LogP contribution < -0.4 is 10.6 Å². The number of amidine groups is 1. The maximum absolute atomic E-state index is 7.66. The van der Waals surface area contributed by atoms with Crippen LogP contribution >= 0.6 is 11.6 Å². The summed E-state index contributed by atoms with van der Waals surface area (Å²) < 4.78 is 0. The molecule has 0 aliphatic heterocycles. The smallest absolute Gasteiger partial charge is 0.124 e. The summed E-state index contributed by atoms with van der Waals surface area (Å²) in [6, 6.07) is 5.54. The molecular weight excluding hydrogens is 246 g/mol. The van der Waals surface area contributed by atoms with Gasteiger partial charge < -0.3 is 10.6 Å². The lowest BCUT2D eigenvalue weighted by Gasteiger charge is -2.34. The first kappa shape index (κ1) is 13.2. The Bertz CT molecular complexity index is 441. The second-order valence-corrected chi connectivity index (χ2v) is 5.35. The third-order valence-electron chi connectivity index (χ3n) is 3.68. The summed E-state index contributed by atoms with van der Waals surface area (Å²) in [5, 5.41) is 8.36. The van der Waals surface area contributed by atoms with Crippen LogP contribution in [0.15, 0.2) is 18.2 Å². The highest BCUT2D eigenvalue weighted by Crippen LogP contribution is 2.31. The first-order valence-corrected chi connectivity index (χ1v) is 6.88. The fourth-order valence-corrected chi connectivity index (χ4v) is 2.55. The Kier molecular flexibility index (Phi) is 4.12. The topological polar surface area (TPSA) is 53.1 Å². The Morgan fingerprint density at radius 1 is 1.50 bits per heavy atom. The second kappa shape index (κ2) is 5.61. The van der Waals surface area contributed by atoms with Crippen molar-refractivity contribution in [2.45, 2.75) is 26.2 Å². The van der Waals surface area contributed by atoms with E-state index in [1.165, 1.54) is 19.3 Å². The molecule has 98 valence electrons. The molecule has 1 aliphatic rings. The zero-order valence-corrected chi connectivity index (χ0v) is 11.5. The van der Waals surface area contributed by atoms with E-state index in [1.807, 2.05) is 12.1 Å². The summed E-state index contributed by atoms with van der Waals surface area (Å²) in [5.74, 6) is 0.887. The maximum atomic E-state index is 7.66. The summed E-state index contributed by atoms with van der Waals surface area (Å²) in [6.45, 7) is 4.08. The van der Waals surface area contributed by atoms with E-state index in [0.717, 1.165) is 30.3 Å². The summed E-state index contributed by atoms with van der Waals surface area (Å²) in [6.07, 6.45) is 3.97. The molecule has 0 atom stereocenters. The van der Waals surface area contributed by atoms with Crippen LogP contribution in [0.3, 0.4) is 0 Å². The van der Waals surface area contributed by atoms with Gasteiger partial charge in [-0.15, -0.1) is 0 Å². The molecule has 3 nitrogen and oxygen atoms in total. The van der Waals surface area contributed by atoms with Gasteiger partial charge in [0.05, 0.1) is 0 Å². The lowest BCUT2D eigenvalue weighted by atomic mass is 9.85. The number of hydrogen-bond donors (Lipinski definition) is 2. The van der Waals surface area contributed by atoms with Crippen molar-refractivity contribution in [3.05, 3.63) is 28.8 Å². The SMILES string of the molecule is CCN(CC1CCC1)c1cc(Cl)ccc1C(=N)N. The molecule has 1 fully saturated rings. The normalized spacial score (nSPS) is 15.2. The molecule has 0 radical (unpaired) electrons. The molecular formula is C14H20ClN3. The van der Waals surface area contributed by atoms with Crippen molar-refractivity contribution < 1.29 is 0 Å². The van der Waals surface area contributed by atoms with Gasteiger partial charge in [-0.05, 0) is 43.9 Å². The van der Waals surface area contributed by atoms with Gasteiger partial charge in [-0.3, -0.25) is 5.41 Å². The van der Waals surface area contributed by atoms with Crippen LogP contribution in [0.1, 0.15) is 31.7 Å². The second-order valence-electron chi connectivity index (χ2n) is 4.91. The molecule has 18 heavy (non-hydrogen) atoms. The van der Waals surface area contributed by atoms with Crippen LogP contribution in [0.4, 0.5) is 5.69 Å². The zero-order chi connectivity index (χ0) is 13.1. The number of rotatable bonds is 5. The van der Waals surface area contributed by atoms with E-state index in [1.54, 1.807) is 6.07 Å². The third-order valence-corrected chi connectivity index (χ3v) is 3.91. The predicted molar refractivity (Wildman–Crippen MR) is 77.7 cm³/mol. The van der Waals surface area contributed by atoms with Gasteiger partial charge in [-0.2, -0.15) is 0 Å². The Morgan fingerprint density at radius 3 is 2.72 bits per heavy atom. The average Bonchev–Trinajstić information content (AvgIpc) is 2.27. The molecule has 3 N–H and O–H groups in total. The first-order chi connectivity index (χ1) is 8.61. The minimum Gasteiger partial charge on any atom is -0.384 e. The van der Waals surface area contributed by atoms with Gasteiger partial charge >= 0.3 is 0 Å². The molecule has 0 aromatic heterocycles. The van der Waals surface area contributed by atoms with Gasteiger partial charge in [0.1, 0.15) is 5.84 Å². The summed E-state index contributed by atoms with van der Waals surface area (Å²) in [5.41, 5.74) is 7.42. The van der Waals surface area contributed by atoms with Crippen LogP contribution in [-0.4, -0.2) is 18.9 Å². The van der Waals surface area contributed by atoms with E-state index in [2.05, 4.69) is 11.8 Å². The van der Waals surface area contributed by atoms with Crippen LogP contribution in [0, 0.1) is 11.3 Å². The van der Waals surface area contributed by atoms with Crippen molar-refractivity contribution in [1.29, 1.82) is 5.41 Å². The van der Waals surface area contributed by atoms with E-state index < -0.39 is 0 Å². The Hall–Kier alpha value is -1.22. The van der Waals surface area contributed by atoms with Crippen molar-refractivity contribution in [3.8, 4) is 0 Å². The minimum atomic E-state index is 0.105. The number of hydrogen-bond acceptors (Lipinski definition) is 2. The number of anilines is 1. The highest BCUT2D eigenvalue weighted by Gasteiger charge is 2.22. The van der Waals surface area contributed by atoms with Gasteiger partial charge in [0.15, 0.2) is 0 Å². The fraction of sp³-hybridized carbons (Fsp3) is 0.500. The predicted octanol–water partition coefficient (Wildman–Crippen LogP) is 3.25. The van der Waals surface area contributed by atoms with Crippen LogP contribution in [-0.2, 0) is 0 Å². The highest BCUT2D eigenvalue weighted by atomic mass is 35.5. The van der Waals surface area contributed by atoms with Gasteiger partial charge in [0, 0.05) is 29.4 Å². The number of nitrogen functional groups attached to an aromatic ring is 1. The van der Waals surface area contributed by atoms with E-state index >= 15 is 0 Å². The average molecular weight is 266 g/mol. The third kappa shape index (κ3) is 2.78. The van der Waals surface area contributed by atoms with Gasteiger partial charge in [0.2, 0.25) is 0 Å². The van der Waals surface area contributed by atoms with E-state index in [9.17, 15) is 0 Å². The van der Waals surface area contributed by atoms with Gasteiger partial charge in [0.25, 0.3) is 0 Å². The lowest BCUT2D eigenvalue weighted by Crippen LogP contribution is -2.34. The first-order valence-electron chi connectivity index (χ1n) is 6.50. The largest absolute Gasteiger partial charge is 0.384 e. The standard InChI is InChI=1S/C14H20ClN3/c1-2-18(9-10-4-3-5-10)13-8-11(15)6-7-12(13)14(16)17/h6-8,10H,2-5,9H2,1H3,(H3,16,17). The molecule has 0 unspecified atom stereocenters. The lowest BCUT2D eigenvalue weighted by molar-refractivity contribution is 0.318. The maximum Gasteiger partial charge on any atom is 0.124 e. The van der Waals surface area contributed by atoms with Gasteiger partial charge in [-0.1, -0.05) is 18.0 Å². The van der Waals surface area contributed by atoms with Crippen molar-refractivity contribution in [3.63, 3.8) is 0 Å². The number of halogens is 1. The fourth-order valence-electron chi connectivity index (χ4n) is 2.38. The number of benzene rings is 1. The molecule has 1 saturated carbocycles. The van der Waals surface area contributed by atoms with Crippen molar-refractivity contribution in [2.75, 3.05) is 18.0 Å². The number of nitrogens with two attached hydrogens (primary N) is 1. The number of nitrogens with one attached hydrogen (secondary N) is 1. The molecule has 1 aromatic rings. The van der Waals surface area contributed by atoms with E-state index in [4.69, 9.17) is 22.7 Å². The Balaban J connectivity index is 2.26.